The Kier molecular flexibility index (Phi) is 2.80. The maximum absolute atomic E-state index is 12.2. The Morgan fingerprint density at radius 1 is 1.40 bits per heavy atom. The van der Waals surface area contributed by atoms with Crippen molar-refractivity contribution in [2.24, 2.45) is 0 Å². The monoisotopic (exact) mass is 222 g/mol. The number of hydrogen-bond acceptors (Lipinski definition) is 4. The van der Waals surface area contributed by atoms with Gasteiger partial charge in [0.1, 0.15) is 5.69 Å². The third-order valence-electron chi connectivity index (χ3n) is 1.64. The quantitative estimate of drug-likeness (QED) is 0.595. The maximum atomic E-state index is 12.2. The minimum absolute atomic E-state index is 0.346. The van der Waals surface area contributed by atoms with E-state index in [1.54, 1.807) is 0 Å². The van der Waals surface area contributed by atoms with Crippen LogP contribution in [0.15, 0.2) is 18.2 Å². The first kappa shape index (κ1) is 11.2. The van der Waals surface area contributed by atoms with Crippen LogP contribution in [0.25, 0.3) is 0 Å². The molecule has 0 aliphatic rings. The lowest BCUT2D eigenvalue weighted by Gasteiger charge is -2.07. The van der Waals surface area contributed by atoms with E-state index in [2.05, 4.69) is 0 Å². The van der Waals surface area contributed by atoms with Gasteiger partial charge in [0.2, 0.25) is 0 Å². The number of anilines is 1. The third-order valence-corrected chi connectivity index (χ3v) is 1.64. The number of nitrogens with zero attached hydrogens (tertiary/aromatic N) is 1. The van der Waals surface area contributed by atoms with Crippen LogP contribution in [0.1, 0.15) is 5.56 Å². The lowest BCUT2D eigenvalue weighted by atomic mass is 10.1. The average molecular weight is 222 g/mol. The van der Waals surface area contributed by atoms with Crippen LogP contribution in [0.4, 0.5) is 24.5 Å². The highest BCUT2D eigenvalue weighted by Crippen LogP contribution is 2.34. The molecule has 0 saturated carbocycles. The fourth-order valence-electron chi connectivity index (χ4n) is 0.954. The summed E-state index contributed by atoms with van der Waals surface area (Å²) in [4.78, 5) is 9.33. The number of benzene rings is 1. The minimum Gasteiger partial charge on any atom is -0.291 e. The first-order chi connectivity index (χ1) is 6.86. The highest BCUT2D eigenvalue weighted by molar-refractivity contribution is 5.61. The highest BCUT2D eigenvalue weighted by Gasteiger charge is 2.32. The zero-order valence-corrected chi connectivity index (χ0v) is 7.08. The second-order valence-electron chi connectivity index (χ2n) is 2.60. The summed E-state index contributed by atoms with van der Waals surface area (Å²) in [7, 11) is 0. The number of hydrogen-bond donors (Lipinski definition) is 2. The highest BCUT2D eigenvalue weighted by atomic mass is 19.4. The van der Waals surface area contributed by atoms with Gasteiger partial charge in [-0.2, -0.15) is 13.2 Å². The van der Waals surface area contributed by atoms with E-state index in [9.17, 15) is 23.3 Å². The molecule has 0 saturated heterocycles. The molecule has 0 aliphatic carbocycles. The van der Waals surface area contributed by atoms with E-state index in [0.717, 1.165) is 6.07 Å². The van der Waals surface area contributed by atoms with Crippen LogP contribution in [0.3, 0.4) is 0 Å². The number of halogens is 3. The average Bonchev–Trinajstić information content (AvgIpc) is 2.15. The normalized spacial score (nSPS) is 11.2. The van der Waals surface area contributed by atoms with Gasteiger partial charge in [-0.1, -0.05) is 0 Å². The van der Waals surface area contributed by atoms with Gasteiger partial charge in [0.25, 0.3) is 5.69 Å². The van der Waals surface area contributed by atoms with Crippen LogP contribution in [-0.2, 0) is 6.18 Å². The van der Waals surface area contributed by atoms with Gasteiger partial charge in [-0.05, 0) is 12.1 Å². The Balaban J connectivity index is 3.28. The van der Waals surface area contributed by atoms with Gasteiger partial charge in [0.05, 0.1) is 10.5 Å². The van der Waals surface area contributed by atoms with E-state index in [0.29, 0.717) is 12.1 Å². The zero-order chi connectivity index (χ0) is 11.6. The smallest absolute Gasteiger partial charge is 0.291 e. The van der Waals surface area contributed by atoms with Gasteiger partial charge >= 0.3 is 6.18 Å². The molecule has 0 aromatic heterocycles. The van der Waals surface area contributed by atoms with Crippen molar-refractivity contribution in [1.29, 1.82) is 0 Å². The summed E-state index contributed by atoms with van der Waals surface area (Å²) in [5.74, 6) is 0. The second kappa shape index (κ2) is 3.73. The van der Waals surface area contributed by atoms with Crippen LogP contribution >= 0.6 is 0 Å². The molecule has 0 unspecified atom stereocenters. The molecule has 8 heteroatoms. The Bertz CT molecular complexity index is 392. The molecule has 15 heavy (non-hydrogen) atoms. The molecule has 0 aliphatic heterocycles. The van der Waals surface area contributed by atoms with Gasteiger partial charge in [-0.3, -0.25) is 20.8 Å². The van der Waals surface area contributed by atoms with E-state index >= 15 is 0 Å². The molecule has 0 heterocycles. The Hall–Kier alpha value is -1.83. The Morgan fingerprint density at radius 2 is 2.00 bits per heavy atom. The molecule has 0 fully saturated rings. The van der Waals surface area contributed by atoms with Gasteiger partial charge in [0, 0.05) is 6.07 Å². The van der Waals surface area contributed by atoms with Crippen molar-refractivity contribution in [3.63, 3.8) is 0 Å². The Morgan fingerprint density at radius 3 is 2.40 bits per heavy atom. The summed E-state index contributed by atoms with van der Waals surface area (Å²) in [6.45, 7) is 0. The van der Waals surface area contributed by atoms with Crippen molar-refractivity contribution in [3.8, 4) is 0 Å². The van der Waals surface area contributed by atoms with E-state index in [4.69, 9.17) is 5.21 Å². The van der Waals surface area contributed by atoms with Crippen molar-refractivity contribution in [2.75, 3.05) is 5.48 Å². The summed E-state index contributed by atoms with van der Waals surface area (Å²) < 4.78 is 36.5. The second-order valence-corrected chi connectivity index (χ2v) is 2.60. The van der Waals surface area contributed by atoms with Crippen molar-refractivity contribution in [3.05, 3.63) is 33.9 Å². The van der Waals surface area contributed by atoms with Crippen molar-refractivity contribution in [2.45, 2.75) is 6.18 Å². The van der Waals surface area contributed by atoms with Crippen LogP contribution in [0, 0.1) is 10.1 Å². The minimum atomic E-state index is -4.65. The largest absolute Gasteiger partial charge is 0.416 e. The predicted molar refractivity (Wildman–Crippen MR) is 43.5 cm³/mol. The van der Waals surface area contributed by atoms with E-state index in [-0.39, 0.29) is 0 Å². The molecule has 1 aromatic carbocycles. The zero-order valence-electron chi connectivity index (χ0n) is 7.08. The summed E-state index contributed by atoms with van der Waals surface area (Å²) in [6, 6.07) is 1.76. The number of alkyl halides is 3. The number of nitro benzene ring substituents is 1. The van der Waals surface area contributed by atoms with Crippen LogP contribution < -0.4 is 5.48 Å². The molecule has 5 nitrogen and oxygen atoms in total. The summed E-state index contributed by atoms with van der Waals surface area (Å²) in [5.41, 5.74) is -0.934. The first-order valence-electron chi connectivity index (χ1n) is 3.62. The molecular formula is C7H5F3N2O3. The molecule has 0 bridgehead atoms. The maximum Gasteiger partial charge on any atom is 0.416 e. The number of nitro groups is 1. The topological polar surface area (TPSA) is 75.4 Å². The fourth-order valence-corrected chi connectivity index (χ4v) is 0.954. The van der Waals surface area contributed by atoms with E-state index in [1.165, 1.54) is 5.48 Å². The van der Waals surface area contributed by atoms with Gasteiger partial charge in [-0.25, -0.2) is 0 Å². The third kappa shape index (κ3) is 2.34. The summed E-state index contributed by atoms with van der Waals surface area (Å²) in [6.07, 6.45) is -4.65. The number of nitrogens with one attached hydrogen (secondary N) is 1. The van der Waals surface area contributed by atoms with Gasteiger partial charge in [0.15, 0.2) is 0 Å². The van der Waals surface area contributed by atoms with Crippen LogP contribution in [0.5, 0.6) is 0 Å². The van der Waals surface area contributed by atoms with Crippen molar-refractivity contribution in [1.82, 2.24) is 0 Å². The van der Waals surface area contributed by atoms with Crippen LogP contribution in [-0.4, -0.2) is 10.1 Å². The molecule has 0 radical (unpaired) electrons. The lowest BCUT2D eigenvalue weighted by Crippen LogP contribution is -2.06. The molecule has 1 aromatic rings. The van der Waals surface area contributed by atoms with Gasteiger partial charge in [-0.15, -0.1) is 0 Å². The molecule has 0 amide bonds. The van der Waals surface area contributed by atoms with Gasteiger partial charge < -0.3 is 0 Å². The van der Waals surface area contributed by atoms with Crippen molar-refractivity contribution < 1.29 is 23.3 Å². The van der Waals surface area contributed by atoms with E-state index in [1.807, 2.05) is 0 Å². The van der Waals surface area contributed by atoms with E-state index < -0.39 is 28.0 Å². The summed E-state index contributed by atoms with van der Waals surface area (Å²) in [5, 5.41) is 18.8. The Labute approximate surface area is 81.2 Å². The molecule has 82 valence electrons. The molecule has 1 rings (SSSR count). The summed E-state index contributed by atoms with van der Waals surface area (Å²) >= 11 is 0. The predicted octanol–water partition coefficient (Wildman–Crippen LogP) is 2.41. The molecular weight excluding hydrogens is 217 g/mol. The standard InChI is InChI=1S/C7H5F3N2O3/c8-7(9,10)4-1-2-5(11-13)6(3-4)12(14)15/h1-3,11,13H. The van der Waals surface area contributed by atoms with Crippen molar-refractivity contribution >= 4 is 11.4 Å². The number of rotatable bonds is 2. The van der Waals surface area contributed by atoms with Crippen LogP contribution in [0.2, 0.25) is 0 Å². The molecule has 0 atom stereocenters. The lowest BCUT2D eigenvalue weighted by molar-refractivity contribution is -0.384. The first-order valence-corrected chi connectivity index (χ1v) is 3.62. The molecule has 0 spiro atoms. The molecule has 2 N–H and O–H groups in total. The fraction of sp³-hybridized carbons (Fsp3) is 0.143. The SMILES string of the molecule is O=[N+]([O-])c1cc(C(F)(F)F)ccc1NO.